The van der Waals surface area contributed by atoms with E-state index in [4.69, 9.17) is 11.6 Å². The Morgan fingerprint density at radius 3 is 2.48 bits per heavy atom. The Morgan fingerprint density at radius 1 is 1.03 bits per heavy atom. The van der Waals surface area contributed by atoms with Crippen LogP contribution in [-0.2, 0) is 6.54 Å². The van der Waals surface area contributed by atoms with E-state index in [9.17, 15) is 19.5 Å². The summed E-state index contributed by atoms with van der Waals surface area (Å²) in [6.07, 6.45) is 4.25. The fraction of sp³-hybridized carbons (Fsp3) is 0.0455. The zero-order chi connectivity index (χ0) is 21.3. The number of benzene rings is 2. The van der Waals surface area contributed by atoms with E-state index >= 15 is 0 Å². The molecule has 2 N–H and O–H groups in total. The van der Waals surface area contributed by atoms with Crippen molar-refractivity contribution in [2.45, 2.75) is 6.54 Å². The highest BCUT2D eigenvalue weighted by Gasteiger charge is 2.19. The molecule has 7 nitrogen and oxygen atoms in total. The number of nitrogens with zero attached hydrogens (tertiary/aromatic N) is 2. The third kappa shape index (κ3) is 4.47. The fourth-order valence-corrected chi connectivity index (χ4v) is 3.36. The van der Waals surface area contributed by atoms with Crippen molar-refractivity contribution >= 4 is 41.1 Å². The molecule has 4 rings (SSSR count). The maximum absolute atomic E-state index is 12.9. The van der Waals surface area contributed by atoms with Crippen molar-refractivity contribution in [2.75, 3.05) is 5.32 Å². The minimum Gasteiger partial charge on any atom is -0.503 e. The van der Waals surface area contributed by atoms with E-state index < -0.39 is 22.6 Å². The Kier molecular flexibility index (Phi) is 6.48. The van der Waals surface area contributed by atoms with E-state index in [2.05, 4.69) is 5.32 Å². The van der Waals surface area contributed by atoms with E-state index in [0.29, 0.717) is 10.7 Å². The molecule has 0 unspecified atom stereocenters. The van der Waals surface area contributed by atoms with E-state index in [0.717, 1.165) is 5.56 Å². The molecule has 0 spiro atoms. The van der Waals surface area contributed by atoms with Crippen LogP contribution in [0.25, 0.3) is 5.52 Å². The lowest BCUT2D eigenvalue weighted by atomic mass is 10.2. The van der Waals surface area contributed by atoms with Crippen LogP contribution in [0.3, 0.4) is 0 Å². The molecule has 0 aliphatic rings. The lowest BCUT2D eigenvalue weighted by Gasteiger charge is -2.11. The molecule has 0 aliphatic heterocycles. The van der Waals surface area contributed by atoms with Gasteiger partial charge in [0.05, 0.1) is 6.54 Å². The van der Waals surface area contributed by atoms with Gasteiger partial charge in [-0.05, 0) is 29.8 Å². The average Bonchev–Trinajstić information content (AvgIpc) is 2.73. The number of carbonyl (C=O) groups excluding carboxylic acids is 1. The summed E-state index contributed by atoms with van der Waals surface area (Å²) >= 11 is 5.99. The normalized spacial score (nSPS) is 10.5. The van der Waals surface area contributed by atoms with E-state index in [-0.39, 0.29) is 30.0 Å². The van der Waals surface area contributed by atoms with Crippen molar-refractivity contribution in [3.05, 3.63) is 110 Å². The first-order chi connectivity index (χ1) is 14.4. The first kappa shape index (κ1) is 22.1. The fourth-order valence-electron chi connectivity index (χ4n) is 3.14. The van der Waals surface area contributed by atoms with E-state index in [1.165, 1.54) is 27.6 Å². The molecule has 0 radical (unpaired) electrons. The number of aromatic nitrogens is 2. The molecule has 0 atom stereocenters. The van der Waals surface area contributed by atoms with Crippen molar-refractivity contribution in [2.24, 2.45) is 0 Å². The SMILES string of the molecule is Cl.O=C(Nc1ccccc1)c1cn2ccn(Cc3cccc(Cl)c3)c(=O)c2c(O)c1=O. The van der Waals surface area contributed by atoms with Gasteiger partial charge in [-0.1, -0.05) is 41.9 Å². The van der Waals surface area contributed by atoms with Gasteiger partial charge >= 0.3 is 0 Å². The van der Waals surface area contributed by atoms with Gasteiger partial charge in [0.2, 0.25) is 5.43 Å². The monoisotopic (exact) mass is 457 g/mol. The van der Waals surface area contributed by atoms with Crippen LogP contribution in [0.2, 0.25) is 5.02 Å². The number of nitrogens with one attached hydrogen (secondary N) is 1. The Balaban J connectivity index is 0.00000272. The zero-order valence-corrected chi connectivity index (χ0v) is 17.6. The van der Waals surface area contributed by atoms with Gasteiger partial charge in [-0.15, -0.1) is 12.4 Å². The summed E-state index contributed by atoms with van der Waals surface area (Å²) in [6.45, 7) is 0.208. The second-order valence-corrected chi connectivity index (χ2v) is 7.09. The van der Waals surface area contributed by atoms with Gasteiger partial charge in [-0.25, -0.2) is 0 Å². The quantitative estimate of drug-likeness (QED) is 0.490. The minimum atomic E-state index is -0.916. The number of anilines is 1. The molecule has 0 aliphatic carbocycles. The topological polar surface area (TPSA) is 92.8 Å². The molecule has 2 heterocycles. The van der Waals surface area contributed by atoms with Gasteiger partial charge in [0, 0.05) is 29.3 Å². The van der Waals surface area contributed by atoms with Crippen LogP contribution in [0, 0.1) is 0 Å². The second kappa shape index (κ2) is 9.07. The number of rotatable bonds is 4. The van der Waals surface area contributed by atoms with Crippen molar-refractivity contribution < 1.29 is 9.90 Å². The summed E-state index contributed by atoms with van der Waals surface area (Å²) in [5, 5.41) is 13.6. The van der Waals surface area contributed by atoms with Crippen LogP contribution in [0.15, 0.2) is 82.8 Å². The molecule has 31 heavy (non-hydrogen) atoms. The number of halogens is 2. The van der Waals surface area contributed by atoms with Gasteiger partial charge in [-0.3, -0.25) is 14.4 Å². The van der Waals surface area contributed by atoms with Crippen LogP contribution in [-0.4, -0.2) is 20.0 Å². The first-order valence-electron chi connectivity index (χ1n) is 9.02. The summed E-state index contributed by atoms with van der Waals surface area (Å²) in [5.41, 5.74) is -0.678. The standard InChI is InChI=1S/C22H16ClN3O4.ClH/c23-15-6-4-5-14(11-15)12-26-10-9-25-13-17(19(27)20(28)18(25)22(26)30)21(29)24-16-7-2-1-3-8-16;/h1-11,13,28H,12H2,(H,24,29);1H. The van der Waals surface area contributed by atoms with Crippen LogP contribution in [0.1, 0.15) is 15.9 Å². The van der Waals surface area contributed by atoms with Crippen molar-refractivity contribution in [3.63, 3.8) is 0 Å². The minimum absolute atomic E-state index is 0. The molecule has 1 amide bonds. The van der Waals surface area contributed by atoms with Gasteiger partial charge in [0.1, 0.15) is 5.56 Å². The van der Waals surface area contributed by atoms with Crippen molar-refractivity contribution in [1.29, 1.82) is 0 Å². The largest absolute Gasteiger partial charge is 0.503 e. The Hall–Kier alpha value is -3.55. The molecule has 158 valence electrons. The predicted molar refractivity (Wildman–Crippen MR) is 122 cm³/mol. The summed E-state index contributed by atoms with van der Waals surface area (Å²) in [6, 6.07) is 15.6. The van der Waals surface area contributed by atoms with Crippen LogP contribution < -0.4 is 16.3 Å². The van der Waals surface area contributed by atoms with Crippen molar-refractivity contribution in [3.8, 4) is 5.75 Å². The molecule has 2 aromatic carbocycles. The molecule has 4 aromatic rings. The number of fused-ring (bicyclic) bond motifs is 1. The van der Waals surface area contributed by atoms with Gasteiger partial charge in [-0.2, -0.15) is 0 Å². The van der Waals surface area contributed by atoms with Crippen LogP contribution >= 0.6 is 24.0 Å². The zero-order valence-electron chi connectivity index (χ0n) is 16.0. The van der Waals surface area contributed by atoms with E-state index in [1.54, 1.807) is 48.5 Å². The third-order valence-electron chi connectivity index (χ3n) is 4.60. The van der Waals surface area contributed by atoms with Crippen LogP contribution in [0.5, 0.6) is 5.75 Å². The smallest absolute Gasteiger partial charge is 0.279 e. The summed E-state index contributed by atoms with van der Waals surface area (Å²) in [4.78, 5) is 38.0. The van der Waals surface area contributed by atoms with Crippen LogP contribution in [0.4, 0.5) is 5.69 Å². The maximum atomic E-state index is 12.9. The van der Waals surface area contributed by atoms with E-state index in [1.807, 2.05) is 6.07 Å². The molecule has 2 aromatic heterocycles. The molecule has 0 saturated carbocycles. The first-order valence-corrected chi connectivity index (χ1v) is 9.40. The van der Waals surface area contributed by atoms with Gasteiger partial charge < -0.3 is 19.4 Å². The maximum Gasteiger partial charge on any atom is 0.279 e. The second-order valence-electron chi connectivity index (χ2n) is 6.66. The Bertz CT molecular complexity index is 1380. The number of aromatic hydroxyl groups is 1. The molecule has 0 fully saturated rings. The highest BCUT2D eigenvalue weighted by Crippen LogP contribution is 2.15. The number of para-hydroxylation sites is 1. The molecule has 0 saturated heterocycles. The van der Waals surface area contributed by atoms with Gasteiger partial charge in [0.25, 0.3) is 11.5 Å². The summed E-state index contributed by atoms with van der Waals surface area (Å²) in [5.74, 6) is -1.46. The molecule has 9 heteroatoms. The number of hydrogen-bond acceptors (Lipinski definition) is 4. The molecular formula is C22H17Cl2N3O4. The summed E-state index contributed by atoms with van der Waals surface area (Å²) < 4.78 is 2.62. The van der Waals surface area contributed by atoms with Gasteiger partial charge in [0.15, 0.2) is 11.3 Å². The average molecular weight is 458 g/mol. The lowest BCUT2D eigenvalue weighted by molar-refractivity contribution is 0.102. The van der Waals surface area contributed by atoms with Crippen molar-refractivity contribution in [1.82, 2.24) is 8.97 Å². The highest BCUT2D eigenvalue weighted by molar-refractivity contribution is 6.30. The summed E-state index contributed by atoms with van der Waals surface area (Å²) in [7, 11) is 0. The number of amides is 1. The number of carbonyl (C=O) groups is 1. The lowest BCUT2D eigenvalue weighted by Crippen LogP contribution is -2.27. The third-order valence-corrected chi connectivity index (χ3v) is 4.83. The Morgan fingerprint density at radius 2 is 1.77 bits per heavy atom. The predicted octanol–water partition coefficient (Wildman–Crippen LogP) is 3.54. The number of hydrogen-bond donors (Lipinski definition) is 2. The Labute approximate surface area is 187 Å². The number of pyridine rings is 1. The molecule has 0 bridgehead atoms. The highest BCUT2D eigenvalue weighted by atomic mass is 35.5. The molecular weight excluding hydrogens is 441 g/mol.